The fraction of sp³-hybridized carbons (Fsp3) is 0.0435. The van der Waals surface area contributed by atoms with Crippen molar-refractivity contribution < 1.29 is 14.6 Å². The molecule has 0 amide bonds. The van der Waals surface area contributed by atoms with E-state index in [9.17, 15) is 9.90 Å². The highest BCUT2D eigenvalue weighted by molar-refractivity contribution is 6.02. The molecule has 146 valence electrons. The SMILES string of the molecule is COc1ccc(-c2nnc3c4ccccc4c(-c4cccc(C(=O)O)c4)nn23)cc1. The number of rotatable bonds is 4. The normalized spacial score (nSPS) is 11.1. The minimum atomic E-state index is -0.981. The largest absolute Gasteiger partial charge is 0.497 e. The van der Waals surface area contributed by atoms with Crippen LogP contribution in [0.2, 0.25) is 0 Å². The van der Waals surface area contributed by atoms with Crippen LogP contribution in [0.4, 0.5) is 0 Å². The van der Waals surface area contributed by atoms with Gasteiger partial charge in [-0.1, -0.05) is 36.4 Å². The van der Waals surface area contributed by atoms with E-state index in [1.807, 2.05) is 54.6 Å². The highest BCUT2D eigenvalue weighted by Gasteiger charge is 2.17. The zero-order valence-corrected chi connectivity index (χ0v) is 16.0. The van der Waals surface area contributed by atoms with Gasteiger partial charge >= 0.3 is 5.97 Å². The second kappa shape index (κ2) is 6.97. The van der Waals surface area contributed by atoms with Gasteiger partial charge in [-0.15, -0.1) is 10.2 Å². The third-order valence-corrected chi connectivity index (χ3v) is 4.99. The van der Waals surface area contributed by atoms with E-state index >= 15 is 0 Å². The van der Waals surface area contributed by atoms with Crippen molar-refractivity contribution in [2.75, 3.05) is 7.11 Å². The molecule has 1 N–H and O–H groups in total. The zero-order valence-electron chi connectivity index (χ0n) is 16.0. The van der Waals surface area contributed by atoms with Gasteiger partial charge in [-0.25, -0.2) is 4.79 Å². The molecular weight excluding hydrogens is 380 g/mol. The van der Waals surface area contributed by atoms with Crippen LogP contribution in [-0.4, -0.2) is 38.0 Å². The predicted octanol–water partition coefficient (Wildman–Crippen LogP) is 4.32. The summed E-state index contributed by atoms with van der Waals surface area (Å²) in [7, 11) is 1.62. The number of aromatic carboxylic acids is 1. The summed E-state index contributed by atoms with van der Waals surface area (Å²) in [5.41, 5.74) is 3.06. The van der Waals surface area contributed by atoms with E-state index in [0.717, 1.165) is 22.1 Å². The van der Waals surface area contributed by atoms with Gasteiger partial charge in [0.15, 0.2) is 11.5 Å². The molecule has 0 aliphatic carbocycles. The molecule has 0 saturated carbocycles. The number of carboxylic acid groups (broad SMARTS) is 1. The van der Waals surface area contributed by atoms with E-state index < -0.39 is 5.97 Å². The molecule has 5 rings (SSSR count). The van der Waals surface area contributed by atoms with Crippen LogP contribution in [0.15, 0.2) is 72.8 Å². The number of carbonyl (C=O) groups is 1. The second-order valence-electron chi connectivity index (χ2n) is 6.77. The first kappa shape index (κ1) is 17.8. The minimum absolute atomic E-state index is 0.206. The quantitative estimate of drug-likeness (QED) is 0.487. The summed E-state index contributed by atoms with van der Waals surface area (Å²) in [6, 6.07) is 22.0. The lowest BCUT2D eigenvalue weighted by molar-refractivity contribution is 0.0697. The first-order valence-electron chi connectivity index (χ1n) is 9.28. The number of aromatic nitrogens is 4. The van der Waals surface area contributed by atoms with Gasteiger partial charge in [0.05, 0.1) is 18.4 Å². The van der Waals surface area contributed by atoms with Gasteiger partial charge in [-0.3, -0.25) is 0 Å². The maximum atomic E-state index is 11.5. The molecular formula is C23H16N4O3. The monoisotopic (exact) mass is 396 g/mol. The van der Waals surface area contributed by atoms with Crippen molar-refractivity contribution in [2.45, 2.75) is 0 Å². The van der Waals surface area contributed by atoms with Gasteiger partial charge in [0, 0.05) is 21.9 Å². The van der Waals surface area contributed by atoms with Crippen LogP contribution in [0.5, 0.6) is 5.75 Å². The molecule has 0 unspecified atom stereocenters. The van der Waals surface area contributed by atoms with Crippen LogP contribution in [0, 0.1) is 0 Å². The lowest BCUT2D eigenvalue weighted by atomic mass is 10.0. The number of fused-ring (bicyclic) bond motifs is 3. The molecule has 3 aromatic carbocycles. The van der Waals surface area contributed by atoms with Gasteiger partial charge < -0.3 is 9.84 Å². The molecule has 0 saturated heterocycles. The Morgan fingerprint density at radius 1 is 0.900 bits per heavy atom. The average molecular weight is 396 g/mol. The van der Waals surface area contributed by atoms with Crippen LogP contribution < -0.4 is 4.74 Å². The Kier molecular flexibility index (Phi) is 4.14. The van der Waals surface area contributed by atoms with Gasteiger partial charge in [0.2, 0.25) is 0 Å². The van der Waals surface area contributed by atoms with E-state index in [-0.39, 0.29) is 5.56 Å². The van der Waals surface area contributed by atoms with Crippen molar-refractivity contribution in [1.29, 1.82) is 0 Å². The van der Waals surface area contributed by atoms with E-state index in [4.69, 9.17) is 9.84 Å². The van der Waals surface area contributed by atoms with Crippen LogP contribution in [-0.2, 0) is 0 Å². The topological polar surface area (TPSA) is 89.6 Å². The minimum Gasteiger partial charge on any atom is -0.497 e. The smallest absolute Gasteiger partial charge is 0.335 e. The molecule has 7 heteroatoms. The number of benzene rings is 3. The molecule has 0 bridgehead atoms. The number of carboxylic acids is 1. The number of methoxy groups -OCH3 is 1. The standard InChI is InChI=1S/C23H16N4O3/c1-30-17-11-9-14(10-12-17)21-24-25-22-19-8-3-2-7-18(19)20(26-27(21)22)15-5-4-6-16(13-15)23(28)29/h2-13H,1H3,(H,28,29). The molecule has 0 aliphatic heterocycles. The van der Waals surface area contributed by atoms with Crippen molar-refractivity contribution in [3.63, 3.8) is 0 Å². The molecule has 5 aromatic rings. The number of nitrogens with zero attached hydrogens (tertiary/aromatic N) is 4. The van der Waals surface area contributed by atoms with Gasteiger partial charge in [-0.2, -0.15) is 9.61 Å². The first-order valence-corrected chi connectivity index (χ1v) is 9.28. The molecule has 0 aliphatic rings. The Labute approximate surface area is 171 Å². The van der Waals surface area contributed by atoms with Crippen LogP contribution >= 0.6 is 0 Å². The first-order chi connectivity index (χ1) is 14.7. The van der Waals surface area contributed by atoms with Crippen molar-refractivity contribution in [3.8, 4) is 28.4 Å². The number of hydrogen-bond donors (Lipinski definition) is 1. The van der Waals surface area contributed by atoms with Crippen molar-refractivity contribution in [1.82, 2.24) is 19.8 Å². The van der Waals surface area contributed by atoms with Crippen LogP contribution in [0.3, 0.4) is 0 Å². The van der Waals surface area contributed by atoms with E-state index in [0.29, 0.717) is 22.7 Å². The maximum absolute atomic E-state index is 11.5. The Morgan fingerprint density at radius 3 is 2.40 bits per heavy atom. The maximum Gasteiger partial charge on any atom is 0.335 e. The van der Waals surface area contributed by atoms with Crippen LogP contribution in [0.1, 0.15) is 10.4 Å². The molecule has 7 nitrogen and oxygen atoms in total. The number of hydrogen-bond acceptors (Lipinski definition) is 5. The lowest BCUT2D eigenvalue weighted by Crippen LogP contribution is -2.01. The summed E-state index contributed by atoms with van der Waals surface area (Å²) in [5, 5.41) is 24.7. The molecule has 0 atom stereocenters. The highest BCUT2D eigenvalue weighted by Crippen LogP contribution is 2.31. The van der Waals surface area contributed by atoms with E-state index in [1.54, 1.807) is 29.8 Å². The summed E-state index contributed by atoms with van der Waals surface area (Å²) in [4.78, 5) is 11.5. The second-order valence-corrected chi connectivity index (χ2v) is 6.77. The highest BCUT2D eigenvalue weighted by atomic mass is 16.5. The molecule has 0 fully saturated rings. The van der Waals surface area contributed by atoms with Crippen LogP contribution in [0.25, 0.3) is 39.1 Å². The summed E-state index contributed by atoms with van der Waals surface area (Å²) in [6.45, 7) is 0. The fourth-order valence-electron chi connectivity index (χ4n) is 3.51. The Hall–Kier alpha value is -4.26. The fourth-order valence-corrected chi connectivity index (χ4v) is 3.51. The van der Waals surface area contributed by atoms with Crippen molar-refractivity contribution >= 4 is 22.4 Å². The van der Waals surface area contributed by atoms with E-state index in [1.165, 1.54) is 0 Å². The van der Waals surface area contributed by atoms with Gasteiger partial charge in [0.1, 0.15) is 5.75 Å². The number of ether oxygens (including phenoxy) is 1. The molecule has 30 heavy (non-hydrogen) atoms. The molecule has 2 heterocycles. The average Bonchev–Trinajstić information content (AvgIpc) is 3.23. The molecule has 2 aromatic heterocycles. The van der Waals surface area contributed by atoms with E-state index in [2.05, 4.69) is 10.2 Å². The molecule has 0 radical (unpaired) electrons. The van der Waals surface area contributed by atoms with Crippen molar-refractivity contribution in [2.24, 2.45) is 0 Å². The van der Waals surface area contributed by atoms with Gasteiger partial charge in [0.25, 0.3) is 0 Å². The summed E-state index contributed by atoms with van der Waals surface area (Å²) < 4.78 is 6.93. The Bertz CT molecular complexity index is 1410. The van der Waals surface area contributed by atoms with Gasteiger partial charge in [-0.05, 0) is 36.4 Å². The summed E-state index contributed by atoms with van der Waals surface area (Å²) in [6.07, 6.45) is 0. The van der Waals surface area contributed by atoms with Crippen molar-refractivity contribution in [3.05, 3.63) is 78.4 Å². The third kappa shape index (κ3) is 2.84. The summed E-state index contributed by atoms with van der Waals surface area (Å²) in [5.74, 6) is 0.358. The third-order valence-electron chi connectivity index (χ3n) is 4.99. The Balaban J connectivity index is 1.79. The Morgan fingerprint density at radius 2 is 1.67 bits per heavy atom. The lowest BCUT2D eigenvalue weighted by Gasteiger charge is -2.09. The zero-order chi connectivity index (χ0) is 20.7. The predicted molar refractivity (Wildman–Crippen MR) is 113 cm³/mol. The summed E-state index contributed by atoms with van der Waals surface area (Å²) >= 11 is 0. The molecule has 0 spiro atoms.